The maximum absolute atomic E-state index is 5.78. The van der Waals surface area contributed by atoms with Gasteiger partial charge in [-0.1, -0.05) is 48.0 Å². The van der Waals surface area contributed by atoms with E-state index < -0.39 is 0 Å². The quantitative estimate of drug-likeness (QED) is 0.794. The second kappa shape index (κ2) is 5.05. The molecule has 1 heterocycles. The maximum atomic E-state index is 5.78. The van der Waals surface area contributed by atoms with Crippen molar-refractivity contribution in [1.82, 2.24) is 4.98 Å². The molecule has 0 amide bonds. The number of nitrogens with zero attached hydrogens (tertiary/aromatic N) is 1. The molecule has 2 rings (SSSR count). The van der Waals surface area contributed by atoms with Gasteiger partial charge in [-0.05, 0) is 12.1 Å². The van der Waals surface area contributed by atoms with E-state index in [2.05, 4.69) is 34.8 Å². The topological polar surface area (TPSA) is 22.1 Å². The fourth-order valence-electron chi connectivity index (χ4n) is 1.45. The van der Waals surface area contributed by atoms with E-state index in [1.54, 1.807) is 6.20 Å². The van der Waals surface area contributed by atoms with Crippen molar-refractivity contribution in [2.24, 2.45) is 5.41 Å². The summed E-state index contributed by atoms with van der Waals surface area (Å²) < 4.78 is 5.78. The number of rotatable bonds is 4. The lowest BCUT2D eigenvalue weighted by Gasteiger charge is -2.21. The monoisotopic (exact) mass is 293 g/mol. The minimum atomic E-state index is 0.131. The second-order valence-electron chi connectivity index (χ2n) is 4.95. The highest BCUT2D eigenvalue weighted by Gasteiger charge is 2.17. The molecule has 1 aromatic heterocycles. The lowest BCUT2D eigenvalue weighted by atomic mass is 9.98. The Kier molecular flexibility index (Phi) is 3.67. The van der Waals surface area contributed by atoms with Crippen molar-refractivity contribution in [1.29, 1.82) is 0 Å². The van der Waals surface area contributed by atoms with E-state index in [1.165, 1.54) is 0 Å². The Labute approximate surface area is 110 Å². The lowest BCUT2D eigenvalue weighted by Crippen LogP contribution is -2.22. The Morgan fingerprint density at radius 1 is 1.29 bits per heavy atom. The molecule has 0 aliphatic rings. The minimum absolute atomic E-state index is 0.131. The molecule has 0 spiro atoms. The molecule has 0 aliphatic carbocycles. The van der Waals surface area contributed by atoms with Crippen LogP contribution in [-0.4, -0.2) is 16.9 Å². The molecule has 0 saturated heterocycles. The Morgan fingerprint density at radius 2 is 2.06 bits per heavy atom. The van der Waals surface area contributed by atoms with Crippen LogP contribution in [0.5, 0.6) is 5.75 Å². The van der Waals surface area contributed by atoms with Crippen LogP contribution in [0, 0.1) is 5.41 Å². The molecule has 0 aliphatic heterocycles. The molecule has 0 unspecified atom stereocenters. The van der Waals surface area contributed by atoms with Gasteiger partial charge in [0.1, 0.15) is 5.75 Å². The van der Waals surface area contributed by atoms with Gasteiger partial charge in [0.2, 0.25) is 0 Å². The highest BCUT2D eigenvalue weighted by Crippen LogP contribution is 2.22. The molecule has 0 N–H and O–H groups in total. The number of para-hydroxylation sites is 1. The van der Waals surface area contributed by atoms with Crippen LogP contribution in [0.4, 0.5) is 0 Å². The summed E-state index contributed by atoms with van der Waals surface area (Å²) >= 11 is 3.49. The van der Waals surface area contributed by atoms with E-state index in [-0.39, 0.29) is 5.41 Å². The number of hydrogen-bond donors (Lipinski definition) is 0. The van der Waals surface area contributed by atoms with E-state index in [0.29, 0.717) is 6.61 Å². The molecule has 0 fully saturated rings. The average molecular weight is 294 g/mol. The molecule has 0 atom stereocenters. The average Bonchev–Trinajstić information content (AvgIpc) is 2.36. The third-order valence-corrected chi connectivity index (χ3v) is 4.07. The summed E-state index contributed by atoms with van der Waals surface area (Å²) in [5, 5.41) is 2.03. The summed E-state index contributed by atoms with van der Waals surface area (Å²) in [6.07, 6.45) is 1.78. The van der Waals surface area contributed by atoms with Gasteiger partial charge in [0.15, 0.2) is 0 Å². The first kappa shape index (κ1) is 12.4. The summed E-state index contributed by atoms with van der Waals surface area (Å²) in [5.74, 6) is 0.831. The summed E-state index contributed by atoms with van der Waals surface area (Å²) in [4.78, 5) is 4.37. The standard InChI is InChI=1S/C14H16BrNO/c1-14(2,9-15)10-17-12-7-11-5-3-4-6-13(11)16-8-12/h3-8H,9-10H2,1-2H3. The van der Waals surface area contributed by atoms with Crippen LogP contribution in [0.2, 0.25) is 0 Å². The van der Waals surface area contributed by atoms with E-state index in [1.807, 2.05) is 30.3 Å². The summed E-state index contributed by atoms with van der Waals surface area (Å²) in [5.41, 5.74) is 1.13. The number of pyridine rings is 1. The third-order valence-electron chi connectivity index (χ3n) is 2.56. The molecule has 17 heavy (non-hydrogen) atoms. The van der Waals surface area contributed by atoms with Crippen molar-refractivity contribution in [3.63, 3.8) is 0 Å². The van der Waals surface area contributed by atoms with Crippen molar-refractivity contribution in [2.45, 2.75) is 13.8 Å². The highest BCUT2D eigenvalue weighted by atomic mass is 79.9. The van der Waals surface area contributed by atoms with Gasteiger partial charge in [-0.2, -0.15) is 0 Å². The van der Waals surface area contributed by atoms with Crippen molar-refractivity contribution in [3.8, 4) is 5.75 Å². The third kappa shape index (κ3) is 3.19. The number of benzene rings is 1. The van der Waals surface area contributed by atoms with Crippen molar-refractivity contribution in [2.75, 3.05) is 11.9 Å². The number of hydrogen-bond acceptors (Lipinski definition) is 2. The van der Waals surface area contributed by atoms with Crippen LogP contribution >= 0.6 is 15.9 Å². The van der Waals surface area contributed by atoms with Crippen molar-refractivity contribution in [3.05, 3.63) is 36.5 Å². The van der Waals surface area contributed by atoms with E-state index in [9.17, 15) is 0 Å². The fraction of sp³-hybridized carbons (Fsp3) is 0.357. The van der Waals surface area contributed by atoms with Gasteiger partial charge in [-0.3, -0.25) is 4.98 Å². The SMILES string of the molecule is CC(C)(CBr)COc1cnc2ccccc2c1. The van der Waals surface area contributed by atoms with Crippen molar-refractivity contribution < 1.29 is 4.74 Å². The van der Waals surface area contributed by atoms with Crippen molar-refractivity contribution >= 4 is 26.8 Å². The Balaban J connectivity index is 2.14. The van der Waals surface area contributed by atoms with Gasteiger partial charge in [0.05, 0.1) is 18.3 Å². The van der Waals surface area contributed by atoms with Crippen LogP contribution in [0.15, 0.2) is 36.5 Å². The molecule has 0 saturated carbocycles. The zero-order valence-electron chi connectivity index (χ0n) is 10.1. The van der Waals surface area contributed by atoms with Crippen LogP contribution in [0.3, 0.4) is 0 Å². The molecule has 3 heteroatoms. The summed E-state index contributed by atoms with van der Waals surface area (Å²) in [7, 11) is 0. The Morgan fingerprint density at radius 3 is 2.82 bits per heavy atom. The van der Waals surface area contributed by atoms with E-state index in [4.69, 9.17) is 4.74 Å². The predicted octanol–water partition coefficient (Wildman–Crippen LogP) is 4.03. The van der Waals surface area contributed by atoms with Crippen LogP contribution in [0.1, 0.15) is 13.8 Å². The minimum Gasteiger partial charge on any atom is -0.491 e. The number of alkyl halides is 1. The molecule has 0 radical (unpaired) electrons. The Bertz CT molecular complexity index is 510. The molecule has 2 nitrogen and oxygen atoms in total. The molecular weight excluding hydrogens is 278 g/mol. The van der Waals surface area contributed by atoms with E-state index in [0.717, 1.165) is 22.0 Å². The van der Waals surface area contributed by atoms with Gasteiger partial charge in [-0.25, -0.2) is 0 Å². The number of fused-ring (bicyclic) bond motifs is 1. The van der Waals surface area contributed by atoms with Crippen LogP contribution in [0.25, 0.3) is 10.9 Å². The van der Waals surface area contributed by atoms with Crippen LogP contribution in [-0.2, 0) is 0 Å². The number of ether oxygens (including phenoxy) is 1. The van der Waals surface area contributed by atoms with Gasteiger partial charge in [0, 0.05) is 16.1 Å². The first-order valence-electron chi connectivity index (χ1n) is 5.64. The largest absolute Gasteiger partial charge is 0.491 e. The smallest absolute Gasteiger partial charge is 0.138 e. The normalized spacial score (nSPS) is 11.7. The Hall–Kier alpha value is -1.09. The molecule has 0 bridgehead atoms. The lowest BCUT2D eigenvalue weighted by molar-refractivity contribution is 0.203. The van der Waals surface area contributed by atoms with Gasteiger partial charge in [-0.15, -0.1) is 0 Å². The second-order valence-corrected chi connectivity index (χ2v) is 5.51. The first-order chi connectivity index (χ1) is 8.11. The molecular formula is C14H16BrNO. The molecule has 1 aromatic carbocycles. The molecule has 90 valence electrons. The van der Waals surface area contributed by atoms with Gasteiger partial charge in [0.25, 0.3) is 0 Å². The predicted molar refractivity (Wildman–Crippen MR) is 74.8 cm³/mol. The number of halogens is 1. The maximum Gasteiger partial charge on any atom is 0.138 e. The first-order valence-corrected chi connectivity index (χ1v) is 6.76. The van der Waals surface area contributed by atoms with Gasteiger partial charge < -0.3 is 4.74 Å². The summed E-state index contributed by atoms with van der Waals surface area (Å²) in [6.45, 7) is 5.00. The zero-order chi connectivity index (χ0) is 12.3. The molecule has 2 aromatic rings. The fourth-order valence-corrected chi connectivity index (χ4v) is 1.61. The van der Waals surface area contributed by atoms with Crippen LogP contribution < -0.4 is 4.74 Å². The number of aromatic nitrogens is 1. The highest BCUT2D eigenvalue weighted by molar-refractivity contribution is 9.09. The zero-order valence-corrected chi connectivity index (χ0v) is 11.7. The summed E-state index contributed by atoms with van der Waals surface area (Å²) in [6, 6.07) is 10.1. The van der Waals surface area contributed by atoms with E-state index >= 15 is 0 Å². The van der Waals surface area contributed by atoms with Gasteiger partial charge >= 0.3 is 0 Å².